The number of nitrogens with one attached hydrogen (secondary N) is 1. The number of thiocarbonyl (C=S) groups is 1. The molecule has 1 aliphatic heterocycles. The maximum absolute atomic E-state index is 5.76. The summed E-state index contributed by atoms with van der Waals surface area (Å²) in [6.45, 7) is 0. The predicted molar refractivity (Wildman–Crippen MR) is 105 cm³/mol. The van der Waals surface area contributed by atoms with Crippen molar-refractivity contribution < 1.29 is 0 Å². The van der Waals surface area contributed by atoms with Crippen LogP contribution in [0.5, 0.6) is 0 Å². The minimum Gasteiger partial charge on any atom is -0.353 e. The number of nitrogens with zero attached hydrogens (tertiary/aromatic N) is 1. The molecule has 0 radical (unpaired) electrons. The van der Waals surface area contributed by atoms with Crippen LogP contribution in [0.15, 0.2) is 66.9 Å². The van der Waals surface area contributed by atoms with E-state index in [4.69, 9.17) is 12.2 Å². The lowest BCUT2D eigenvalue weighted by molar-refractivity contribution is 0.268. The van der Waals surface area contributed by atoms with Gasteiger partial charge in [0, 0.05) is 17.5 Å². The molecule has 1 aliphatic carbocycles. The van der Waals surface area contributed by atoms with Gasteiger partial charge in [-0.2, -0.15) is 0 Å². The monoisotopic (exact) mass is 334 g/mol. The van der Waals surface area contributed by atoms with Crippen LogP contribution < -0.4 is 10.2 Å². The molecule has 0 atom stereocenters. The molecule has 0 bridgehead atoms. The van der Waals surface area contributed by atoms with Crippen LogP contribution >= 0.6 is 12.2 Å². The lowest BCUT2D eigenvalue weighted by Crippen LogP contribution is -2.62. The van der Waals surface area contributed by atoms with Crippen molar-refractivity contribution in [2.45, 2.75) is 37.8 Å². The zero-order valence-electron chi connectivity index (χ0n) is 13.7. The van der Waals surface area contributed by atoms with Gasteiger partial charge in [-0.1, -0.05) is 67.2 Å². The van der Waals surface area contributed by atoms with Crippen LogP contribution in [0.4, 0.5) is 5.69 Å². The molecule has 2 nitrogen and oxygen atoms in total. The molecule has 0 saturated heterocycles. The molecule has 2 aliphatic rings. The lowest BCUT2D eigenvalue weighted by Gasteiger charge is -2.50. The van der Waals surface area contributed by atoms with Crippen molar-refractivity contribution in [2.24, 2.45) is 0 Å². The van der Waals surface area contributed by atoms with Gasteiger partial charge in [0.05, 0.1) is 0 Å². The normalized spacial score (nSPS) is 19.8. The van der Waals surface area contributed by atoms with Gasteiger partial charge in [0.2, 0.25) is 0 Å². The second-order valence-corrected chi connectivity index (χ2v) is 7.07. The first-order valence-electron chi connectivity index (χ1n) is 8.73. The van der Waals surface area contributed by atoms with E-state index in [1.807, 2.05) is 6.07 Å². The average Bonchev–Trinajstić information content (AvgIpc) is 2.64. The first kappa shape index (κ1) is 15.4. The minimum atomic E-state index is -0.0744. The van der Waals surface area contributed by atoms with Crippen molar-refractivity contribution >= 4 is 28.5 Å². The molecule has 1 heterocycles. The van der Waals surface area contributed by atoms with E-state index in [0.717, 1.165) is 23.4 Å². The summed E-state index contributed by atoms with van der Waals surface area (Å²) in [7, 11) is 0. The first-order valence-corrected chi connectivity index (χ1v) is 9.13. The molecular formula is C21H22N2S. The fraction of sp³-hybridized carbons (Fsp3) is 0.286. The number of hydrogen-bond donors (Lipinski definition) is 1. The van der Waals surface area contributed by atoms with Gasteiger partial charge in [0.1, 0.15) is 10.7 Å². The standard InChI is InChI=1S/C21H22N2S/c24-20-19(17-10-4-1-5-11-17)16-23(18-12-6-2-7-13-18)21(22-20)14-8-3-9-15-21/h1-2,4-7,10-13,16H,3,8-9,14-15H2,(H,22,24). The Morgan fingerprint density at radius 1 is 0.833 bits per heavy atom. The van der Waals surface area contributed by atoms with Crippen molar-refractivity contribution in [2.75, 3.05) is 4.90 Å². The second-order valence-electron chi connectivity index (χ2n) is 6.66. The van der Waals surface area contributed by atoms with Crippen LogP contribution in [0, 0.1) is 0 Å². The Morgan fingerprint density at radius 2 is 1.46 bits per heavy atom. The predicted octanol–water partition coefficient (Wildman–Crippen LogP) is 5.13. The molecule has 0 unspecified atom stereocenters. The Kier molecular flexibility index (Phi) is 4.11. The summed E-state index contributed by atoms with van der Waals surface area (Å²) in [5, 5.41) is 3.72. The van der Waals surface area contributed by atoms with Crippen LogP contribution in [0.1, 0.15) is 37.7 Å². The Labute approximate surface area is 149 Å². The fourth-order valence-corrected chi connectivity index (χ4v) is 4.25. The van der Waals surface area contributed by atoms with Gasteiger partial charge >= 0.3 is 0 Å². The lowest BCUT2D eigenvalue weighted by atomic mass is 9.85. The Balaban J connectivity index is 1.82. The molecular weight excluding hydrogens is 312 g/mol. The SMILES string of the molecule is S=C1NC2(CCCCC2)N(c2ccccc2)C=C1c1ccccc1. The van der Waals surface area contributed by atoms with Gasteiger partial charge in [-0.05, 0) is 43.4 Å². The molecule has 122 valence electrons. The molecule has 0 aromatic heterocycles. The molecule has 1 fully saturated rings. The van der Waals surface area contributed by atoms with E-state index >= 15 is 0 Å². The van der Waals surface area contributed by atoms with Gasteiger partial charge in [-0.15, -0.1) is 0 Å². The van der Waals surface area contributed by atoms with E-state index in [0.29, 0.717) is 0 Å². The summed E-state index contributed by atoms with van der Waals surface area (Å²) in [4.78, 5) is 3.29. The average molecular weight is 334 g/mol. The number of para-hydroxylation sites is 1. The molecule has 4 rings (SSSR count). The highest BCUT2D eigenvalue weighted by atomic mass is 32.1. The molecule has 2 aromatic carbocycles. The van der Waals surface area contributed by atoms with E-state index in [-0.39, 0.29) is 5.66 Å². The summed E-state index contributed by atoms with van der Waals surface area (Å²) < 4.78 is 0. The quantitative estimate of drug-likeness (QED) is 0.767. The van der Waals surface area contributed by atoms with E-state index in [9.17, 15) is 0 Å². The van der Waals surface area contributed by atoms with Gasteiger partial charge in [0.15, 0.2) is 0 Å². The topological polar surface area (TPSA) is 15.3 Å². The summed E-state index contributed by atoms with van der Waals surface area (Å²) in [5.74, 6) is 0. The van der Waals surface area contributed by atoms with Crippen LogP contribution in [0.3, 0.4) is 0 Å². The highest BCUT2D eigenvalue weighted by Gasteiger charge is 2.41. The number of anilines is 1. The number of benzene rings is 2. The van der Waals surface area contributed by atoms with Crippen LogP contribution in [0.2, 0.25) is 0 Å². The molecule has 24 heavy (non-hydrogen) atoms. The van der Waals surface area contributed by atoms with Crippen LogP contribution in [-0.4, -0.2) is 10.7 Å². The van der Waals surface area contributed by atoms with Gasteiger partial charge in [-0.3, -0.25) is 0 Å². The molecule has 1 spiro atoms. The highest BCUT2D eigenvalue weighted by molar-refractivity contribution is 7.81. The molecule has 3 heteroatoms. The molecule has 2 aromatic rings. The Hall–Kier alpha value is -2.13. The Bertz CT molecular complexity index is 746. The van der Waals surface area contributed by atoms with Gasteiger partial charge < -0.3 is 10.2 Å². The summed E-state index contributed by atoms with van der Waals surface area (Å²) in [6, 6.07) is 21.1. The summed E-state index contributed by atoms with van der Waals surface area (Å²) >= 11 is 5.76. The molecule has 1 N–H and O–H groups in total. The van der Waals surface area contributed by atoms with Crippen molar-refractivity contribution in [1.29, 1.82) is 0 Å². The fourth-order valence-electron chi connectivity index (χ4n) is 3.89. The molecule has 1 saturated carbocycles. The van der Waals surface area contributed by atoms with E-state index in [1.54, 1.807) is 0 Å². The zero-order chi connectivity index (χ0) is 16.4. The van der Waals surface area contributed by atoms with Crippen molar-refractivity contribution in [3.63, 3.8) is 0 Å². The molecule has 0 amide bonds. The third kappa shape index (κ3) is 2.73. The maximum atomic E-state index is 5.76. The summed E-state index contributed by atoms with van der Waals surface area (Å²) in [6.07, 6.45) is 8.31. The van der Waals surface area contributed by atoms with Crippen LogP contribution in [0.25, 0.3) is 5.57 Å². The maximum Gasteiger partial charge on any atom is 0.115 e. The minimum absolute atomic E-state index is 0.0744. The zero-order valence-corrected chi connectivity index (χ0v) is 14.6. The second kappa shape index (κ2) is 6.40. The van der Waals surface area contributed by atoms with Gasteiger partial charge in [-0.25, -0.2) is 0 Å². The summed E-state index contributed by atoms with van der Waals surface area (Å²) in [5.41, 5.74) is 3.42. The van der Waals surface area contributed by atoms with Gasteiger partial charge in [0.25, 0.3) is 0 Å². The number of rotatable bonds is 2. The first-order chi connectivity index (χ1) is 11.8. The van der Waals surface area contributed by atoms with E-state index in [2.05, 4.69) is 71.0 Å². The number of hydrogen-bond acceptors (Lipinski definition) is 2. The van der Waals surface area contributed by atoms with Crippen molar-refractivity contribution in [1.82, 2.24) is 5.32 Å². The third-order valence-electron chi connectivity index (χ3n) is 5.11. The third-order valence-corrected chi connectivity index (χ3v) is 5.43. The highest BCUT2D eigenvalue weighted by Crippen LogP contribution is 2.39. The van der Waals surface area contributed by atoms with E-state index in [1.165, 1.54) is 30.5 Å². The Morgan fingerprint density at radius 3 is 2.12 bits per heavy atom. The van der Waals surface area contributed by atoms with Crippen molar-refractivity contribution in [3.8, 4) is 0 Å². The van der Waals surface area contributed by atoms with Crippen molar-refractivity contribution in [3.05, 3.63) is 72.4 Å². The largest absolute Gasteiger partial charge is 0.353 e. The van der Waals surface area contributed by atoms with Crippen LogP contribution in [-0.2, 0) is 0 Å². The van der Waals surface area contributed by atoms with E-state index < -0.39 is 0 Å². The smallest absolute Gasteiger partial charge is 0.115 e.